The van der Waals surface area contributed by atoms with Gasteiger partial charge >= 0.3 is 0 Å². The van der Waals surface area contributed by atoms with E-state index >= 15 is 0 Å². The fourth-order valence-corrected chi connectivity index (χ4v) is 9.68. The maximum atomic E-state index is 13.8. The number of nitrogens with zero attached hydrogens (tertiary/aromatic N) is 6. The smallest absolute Gasteiger partial charge is 0.261 e. The molecule has 12 nitrogen and oxygen atoms in total. The fraction of sp³-hybridized carbons (Fsp3) is 0.415. The molecule has 0 bridgehead atoms. The maximum Gasteiger partial charge on any atom is 0.261 e. The van der Waals surface area contributed by atoms with E-state index < -0.39 is 0 Å². The van der Waals surface area contributed by atoms with Gasteiger partial charge in [-0.05, 0) is 94.2 Å². The summed E-state index contributed by atoms with van der Waals surface area (Å²) in [6.07, 6.45) is 12.0. The van der Waals surface area contributed by atoms with Gasteiger partial charge < -0.3 is 0 Å². The van der Waals surface area contributed by atoms with Crippen molar-refractivity contribution in [3.8, 4) is 0 Å². The van der Waals surface area contributed by atoms with Gasteiger partial charge in [0.25, 0.3) is 22.9 Å². The zero-order chi connectivity index (χ0) is 38.2. The van der Waals surface area contributed by atoms with Crippen molar-refractivity contribution in [2.75, 3.05) is 10.6 Å². The third-order valence-corrected chi connectivity index (χ3v) is 12.8. The predicted molar refractivity (Wildman–Crippen MR) is 218 cm³/mol. The van der Waals surface area contributed by atoms with Crippen LogP contribution < -0.4 is 21.8 Å². The highest BCUT2D eigenvalue weighted by molar-refractivity contribution is 7.16. The molecule has 0 radical (unpaired) electrons. The minimum absolute atomic E-state index is 0.0406. The Kier molecular flexibility index (Phi) is 10.4. The minimum atomic E-state index is -0.291. The molecule has 284 valence electrons. The number of carbonyl (C=O) groups is 2. The van der Waals surface area contributed by atoms with Crippen LogP contribution in [-0.4, -0.2) is 40.9 Å². The summed E-state index contributed by atoms with van der Waals surface area (Å²) in [6, 6.07) is 10.2. The molecule has 0 fully saturated rings. The lowest BCUT2D eigenvalue weighted by Gasteiger charge is -2.28. The van der Waals surface area contributed by atoms with Gasteiger partial charge in [0.15, 0.2) is 10.3 Å². The number of hydrogen-bond donors (Lipinski definition) is 2. The molecule has 14 heteroatoms. The van der Waals surface area contributed by atoms with Crippen molar-refractivity contribution in [1.82, 2.24) is 29.1 Å². The summed E-state index contributed by atoms with van der Waals surface area (Å²) in [5.41, 5.74) is 1.81. The monoisotopic (exact) mass is 776 g/mol. The summed E-state index contributed by atoms with van der Waals surface area (Å²) < 4.78 is 3.66. The van der Waals surface area contributed by atoms with Crippen LogP contribution in [-0.2, 0) is 19.5 Å². The van der Waals surface area contributed by atoms with E-state index in [0.29, 0.717) is 62.2 Å². The molecule has 0 spiro atoms. The second kappa shape index (κ2) is 15.6. The Hall–Kier alpha value is -5.08. The van der Waals surface area contributed by atoms with E-state index in [2.05, 4.69) is 34.4 Å². The Labute approximate surface area is 326 Å². The molecule has 2 aliphatic rings. The molecule has 6 heterocycles. The summed E-state index contributed by atoms with van der Waals surface area (Å²) in [5, 5.41) is 7.90. The fourth-order valence-electron chi connectivity index (χ4n) is 8.10. The molecule has 3 unspecified atom stereocenters. The zero-order valence-corrected chi connectivity index (χ0v) is 32.9. The van der Waals surface area contributed by atoms with Crippen LogP contribution in [0.25, 0.3) is 21.8 Å². The van der Waals surface area contributed by atoms with E-state index in [1.54, 1.807) is 42.6 Å². The highest BCUT2D eigenvalue weighted by Crippen LogP contribution is 2.35. The molecule has 2 aliphatic heterocycles. The lowest BCUT2D eigenvalue weighted by molar-refractivity contribution is 0.101. The zero-order valence-electron chi connectivity index (χ0n) is 31.3. The molecule has 6 aromatic rings. The predicted octanol–water partition coefficient (Wildman–Crippen LogP) is 8.05. The lowest BCUT2D eigenvalue weighted by atomic mass is 9.85. The summed E-state index contributed by atoms with van der Waals surface area (Å²) in [4.78, 5) is 74.4. The first-order chi connectivity index (χ1) is 26.6. The van der Waals surface area contributed by atoms with Gasteiger partial charge in [-0.3, -0.25) is 38.9 Å². The first-order valence-electron chi connectivity index (χ1n) is 19.2. The Morgan fingerprint density at radius 1 is 0.782 bits per heavy atom. The van der Waals surface area contributed by atoms with Gasteiger partial charge in [0.05, 0.1) is 21.8 Å². The quantitative estimate of drug-likeness (QED) is 0.165. The normalized spacial score (nSPS) is 18.8. The maximum absolute atomic E-state index is 13.8. The molecular weight excluding hydrogens is 733 g/mol. The molecule has 2 aromatic carbocycles. The third kappa shape index (κ3) is 7.62. The molecule has 8 rings (SSSR count). The minimum Gasteiger partial charge on any atom is -0.298 e. The second-order valence-corrected chi connectivity index (χ2v) is 17.3. The largest absolute Gasteiger partial charge is 0.298 e. The average Bonchev–Trinajstić information content (AvgIpc) is 3.79. The number of amides is 2. The standard InChI is InChI=1S/C41H44N8O4S2/c1-4-26-17-25(10-8-16-49-35(26)45-33-20-28(12-14-31(33)39(49)53)36(50)46-40-42-21-24(3)54-40)18-29-22-43-41(55-29)47-37(51)27-11-13-30-32(19-27)44-34-23(2)9-6-5-7-15-48(34)38(30)52/h11-14,19-23,25-26H,4-10,15-18H2,1-3H3,(H,42,46,50)(H,43,47,51). The van der Waals surface area contributed by atoms with Gasteiger partial charge in [0.1, 0.15) is 11.6 Å². The first-order valence-corrected chi connectivity index (χ1v) is 20.9. The van der Waals surface area contributed by atoms with Gasteiger partial charge in [-0.1, -0.05) is 26.7 Å². The summed E-state index contributed by atoms with van der Waals surface area (Å²) in [5.74, 6) is 1.56. The van der Waals surface area contributed by atoms with Crippen molar-refractivity contribution in [3.63, 3.8) is 0 Å². The average molecular weight is 777 g/mol. The molecular formula is C41H44N8O4S2. The van der Waals surface area contributed by atoms with Gasteiger partial charge in [-0.25, -0.2) is 19.9 Å². The molecule has 0 aliphatic carbocycles. The topological polar surface area (TPSA) is 154 Å². The Balaban J connectivity index is 0.969. The number of hydrogen-bond acceptors (Lipinski definition) is 10. The molecule has 4 aromatic heterocycles. The van der Waals surface area contributed by atoms with Crippen molar-refractivity contribution in [1.29, 1.82) is 0 Å². The van der Waals surface area contributed by atoms with Crippen LogP contribution in [0.2, 0.25) is 0 Å². The molecule has 0 saturated carbocycles. The molecule has 2 N–H and O–H groups in total. The Bertz CT molecular complexity index is 2550. The number of aryl methyl sites for hydroxylation is 1. The van der Waals surface area contributed by atoms with Gasteiger partial charge in [-0.15, -0.1) is 22.7 Å². The number of fused-ring (bicyclic) bond motifs is 4. The van der Waals surface area contributed by atoms with E-state index in [0.717, 1.165) is 79.2 Å². The summed E-state index contributed by atoms with van der Waals surface area (Å²) in [6.45, 7) is 7.43. The van der Waals surface area contributed by atoms with Crippen LogP contribution in [0.15, 0.2) is 58.4 Å². The van der Waals surface area contributed by atoms with Crippen LogP contribution in [0, 0.1) is 12.8 Å². The van der Waals surface area contributed by atoms with Crippen molar-refractivity contribution < 1.29 is 9.59 Å². The van der Waals surface area contributed by atoms with E-state index in [-0.39, 0.29) is 34.8 Å². The first kappa shape index (κ1) is 36.9. The van der Waals surface area contributed by atoms with Crippen LogP contribution >= 0.6 is 22.7 Å². The number of aromatic nitrogens is 6. The number of nitrogens with one attached hydrogen (secondary N) is 2. The van der Waals surface area contributed by atoms with E-state index in [1.165, 1.54) is 22.7 Å². The van der Waals surface area contributed by atoms with E-state index in [9.17, 15) is 19.2 Å². The SMILES string of the molecule is CCC1CC(Cc2cnc(NC(=O)c3ccc4c(=O)n5c(nc4c3)C(C)CCCCC5)s2)CCCn2c1nc1cc(C(=O)Nc3ncc(C)s3)ccc1c2=O. The van der Waals surface area contributed by atoms with E-state index in [4.69, 9.17) is 9.97 Å². The highest BCUT2D eigenvalue weighted by Gasteiger charge is 2.27. The Morgan fingerprint density at radius 3 is 2.05 bits per heavy atom. The number of carbonyl (C=O) groups excluding carboxylic acids is 2. The van der Waals surface area contributed by atoms with Crippen LogP contribution in [0.3, 0.4) is 0 Å². The van der Waals surface area contributed by atoms with Crippen molar-refractivity contribution in [3.05, 3.63) is 102 Å². The van der Waals surface area contributed by atoms with Gasteiger partial charge in [0, 0.05) is 58.2 Å². The van der Waals surface area contributed by atoms with Gasteiger partial charge in [-0.2, -0.15) is 0 Å². The molecule has 3 atom stereocenters. The van der Waals surface area contributed by atoms with Gasteiger partial charge in [0.2, 0.25) is 0 Å². The third-order valence-electron chi connectivity index (χ3n) is 11.0. The van der Waals surface area contributed by atoms with Crippen molar-refractivity contribution in [2.45, 2.75) is 103 Å². The van der Waals surface area contributed by atoms with E-state index in [1.807, 2.05) is 22.3 Å². The highest BCUT2D eigenvalue weighted by atomic mass is 32.1. The molecule has 55 heavy (non-hydrogen) atoms. The van der Waals surface area contributed by atoms with Crippen LogP contribution in [0.4, 0.5) is 10.3 Å². The Morgan fingerprint density at radius 2 is 1.40 bits per heavy atom. The number of thiazole rings is 2. The number of rotatable bonds is 7. The molecule has 2 amide bonds. The van der Waals surface area contributed by atoms with Crippen molar-refractivity contribution in [2.24, 2.45) is 5.92 Å². The van der Waals surface area contributed by atoms with Crippen molar-refractivity contribution >= 4 is 66.6 Å². The summed E-state index contributed by atoms with van der Waals surface area (Å²) >= 11 is 2.88. The second-order valence-electron chi connectivity index (χ2n) is 14.9. The number of benzene rings is 2. The molecule has 0 saturated heterocycles. The lowest BCUT2D eigenvalue weighted by Crippen LogP contribution is -2.30. The van der Waals surface area contributed by atoms with Crippen LogP contribution in [0.1, 0.15) is 119 Å². The number of anilines is 2. The van der Waals surface area contributed by atoms with Crippen LogP contribution in [0.5, 0.6) is 0 Å². The summed E-state index contributed by atoms with van der Waals surface area (Å²) in [7, 11) is 0.